The molecule has 2 N–H and O–H groups in total. The van der Waals surface area contributed by atoms with Crippen molar-refractivity contribution < 1.29 is 19.1 Å². The van der Waals surface area contributed by atoms with E-state index in [2.05, 4.69) is 5.32 Å². The number of carbonyl (C=O) groups is 2. The summed E-state index contributed by atoms with van der Waals surface area (Å²) in [7, 11) is 0. The SMILES string of the molecule is Cc1cc2occ(CC(=O)N[C@@H](Cc3ccccc3)C(=O)O)c2cc1C. The number of rotatable bonds is 6. The van der Waals surface area contributed by atoms with E-state index in [1.165, 1.54) is 0 Å². The Bertz CT molecular complexity index is 943. The van der Waals surface area contributed by atoms with Crippen molar-refractivity contribution in [3.63, 3.8) is 0 Å². The second-order valence-corrected chi connectivity index (χ2v) is 6.52. The molecule has 3 aromatic rings. The Morgan fingerprint density at radius 2 is 1.81 bits per heavy atom. The van der Waals surface area contributed by atoms with Crippen LogP contribution in [-0.2, 0) is 22.4 Å². The summed E-state index contributed by atoms with van der Waals surface area (Å²) in [5.41, 5.74) is 4.59. The number of carbonyl (C=O) groups excluding carboxylic acids is 1. The van der Waals surface area contributed by atoms with Crippen molar-refractivity contribution >= 4 is 22.8 Å². The molecule has 1 atom stereocenters. The number of hydrogen-bond acceptors (Lipinski definition) is 3. The van der Waals surface area contributed by atoms with E-state index in [-0.39, 0.29) is 18.7 Å². The Morgan fingerprint density at radius 1 is 1.12 bits per heavy atom. The predicted octanol–water partition coefficient (Wildman–Crippen LogP) is 3.40. The van der Waals surface area contributed by atoms with Gasteiger partial charge >= 0.3 is 5.97 Å². The summed E-state index contributed by atoms with van der Waals surface area (Å²) >= 11 is 0. The molecule has 1 amide bonds. The zero-order valence-corrected chi connectivity index (χ0v) is 14.8. The smallest absolute Gasteiger partial charge is 0.326 e. The minimum absolute atomic E-state index is 0.0775. The first-order chi connectivity index (χ1) is 12.4. The minimum Gasteiger partial charge on any atom is -0.480 e. The molecule has 5 heteroatoms. The van der Waals surface area contributed by atoms with Crippen LogP contribution in [0.4, 0.5) is 0 Å². The molecule has 0 fully saturated rings. The van der Waals surface area contributed by atoms with Crippen molar-refractivity contribution in [3.05, 3.63) is 71.0 Å². The van der Waals surface area contributed by atoms with Gasteiger partial charge in [-0.2, -0.15) is 0 Å². The fraction of sp³-hybridized carbons (Fsp3) is 0.238. The van der Waals surface area contributed by atoms with Crippen LogP contribution < -0.4 is 5.32 Å². The third-order valence-corrected chi connectivity index (χ3v) is 4.54. The van der Waals surface area contributed by atoms with Crippen molar-refractivity contribution in [2.45, 2.75) is 32.7 Å². The maximum absolute atomic E-state index is 12.4. The van der Waals surface area contributed by atoms with Gasteiger partial charge in [0, 0.05) is 17.4 Å². The van der Waals surface area contributed by atoms with Gasteiger partial charge in [0.1, 0.15) is 11.6 Å². The van der Waals surface area contributed by atoms with E-state index in [9.17, 15) is 14.7 Å². The molecule has 5 nitrogen and oxygen atoms in total. The molecule has 0 bridgehead atoms. The van der Waals surface area contributed by atoms with Gasteiger partial charge < -0.3 is 14.8 Å². The first kappa shape index (κ1) is 17.7. The molecular weight excluding hydrogens is 330 g/mol. The highest BCUT2D eigenvalue weighted by molar-refractivity contribution is 5.90. The number of fused-ring (bicyclic) bond motifs is 1. The Labute approximate surface area is 151 Å². The van der Waals surface area contributed by atoms with Crippen LogP contribution in [-0.4, -0.2) is 23.0 Å². The van der Waals surface area contributed by atoms with Gasteiger partial charge in [0.25, 0.3) is 0 Å². The molecule has 134 valence electrons. The number of carboxylic acid groups (broad SMARTS) is 1. The highest BCUT2D eigenvalue weighted by Crippen LogP contribution is 2.25. The van der Waals surface area contributed by atoms with Crippen molar-refractivity contribution in [3.8, 4) is 0 Å². The highest BCUT2D eigenvalue weighted by Gasteiger charge is 2.21. The monoisotopic (exact) mass is 351 g/mol. The van der Waals surface area contributed by atoms with Gasteiger partial charge in [-0.25, -0.2) is 4.79 Å². The third kappa shape index (κ3) is 3.94. The van der Waals surface area contributed by atoms with Crippen LogP contribution >= 0.6 is 0 Å². The Balaban J connectivity index is 1.73. The van der Waals surface area contributed by atoms with Gasteiger partial charge in [0.2, 0.25) is 5.91 Å². The summed E-state index contributed by atoms with van der Waals surface area (Å²) in [5, 5.41) is 12.9. The normalized spacial score (nSPS) is 12.1. The number of furan rings is 1. The Hall–Kier alpha value is -3.08. The second-order valence-electron chi connectivity index (χ2n) is 6.52. The maximum Gasteiger partial charge on any atom is 0.326 e. The fourth-order valence-electron chi connectivity index (χ4n) is 2.94. The molecule has 2 aromatic carbocycles. The number of amides is 1. The van der Waals surface area contributed by atoms with Gasteiger partial charge in [0.05, 0.1) is 12.7 Å². The lowest BCUT2D eigenvalue weighted by atomic mass is 10.0. The molecule has 0 unspecified atom stereocenters. The Kier molecular flexibility index (Phi) is 5.07. The van der Waals surface area contributed by atoms with Crippen LogP contribution in [0.25, 0.3) is 11.0 Å². The number of aliphatic carboxylic acids is 1. The van der Waals surface area contributed by atoms with E-state index in [4.69, 9.17) is 4.42 Å². The van der Waals surface area contributed by atoms with Crippen molar-refractivity contribution in [2.75, 3.05) is 0 Å². The molecular formula is C21H21NO4. The topological polar surface area (TPSA) is 79.5 Å². The van der Waals surface area contributed by atoms with Crippen LogP contribution in [0.5, 0.6) is 0 Å². The number of aryl methyl sites for hydroxylation is 2. The average Bonchev–Trinajstić information content (AvgIpc) is 2.97. The molecule has 0 spiro atoms. The van der Waals surface area contributed by atoms with Gasteiger partial charge in [-0.1, -0.05) is 30.3 Å². The number of nitrogens with one attached hydrogen (secondary N) is 1. The molecule has 0 saturated carbocycles. The summed E-state index contributed by atoms with van der Waals surface area (Å²) in [4.78, 5) is 23.9. The summed E-state index contributed by atoms with van der Waals surface area (Å²) in [6.45, 7) is 4.01. The van der Waals surface area contributed by atoms with Crippen LogP contribution in [0.2, 0.25) is 0 Å². The van der Waals surface area contributed by atoms with Crippen molar-refractivity contribution in [2.24, 2.45) is 0 Å². The Morgan fingerprint density at radius 3 is 2.50 bits per heavy atom. The first-order valence-electron chi connectivity index (χ1n) is 8.47. The second kappa shape index (κ2) is 7.44. The molecule has 3 rings (SSSR count). The van der Waals surface area contributed by atoms with Gasteiger partial charge in [-0.15, -0.1) is 0 Å². The predicted molar refractivity (Wildman–Crippen MR) is 99.1 cm³/mol. The molecule has 0 aliphatic heterocycles. The summed E-state index contributed by atoms with van der Waals surface area (Å²) in [6, 6.07) is 12.2. The molecule has 1 aromatic heterocycles. The maximum atomic E-state index is 12.4. The lowest BCUT2D eigenvalue weighted by Gasteiger charge is -2.14. The van der Waals surface area contributed by atoms with E-state index in [0.29, 0.717) is 0 Å². The molecule has 0 aliphatic carbocycles. The van der Waals surface area contributed by atoms with E-state index < -0.39 is 12.0 Å². The van der Waals surface area contributed by atoms with E-state index in [1.807, 2.05) is 56.3 Å². The van der Waals surface area contributed by atoms with Crippen LogP contribution in [0, 0.1) is 13.8 Å². The van der Waals surface area contributed by atoms with E-state index >= 15 is 0 Å². The van der Waals surface area contributed by atoms with Crippen LogP contribution in [0.15, 0.2) is 53.1 Å². The number of benzene rings is 2. The average molecular weight is 351 g/mol. The third-order valence-electron chi connectivity index (χ3n) is 4.54. The summed E-state index contributed by atoms with van der Waals surface area (Å²) < 4.78 is 5.54. The zero-order chi connectivity index (χ0) is 18.7. The van der Waals surface area contributed by atoms with Crippen molar-refractivity contribution in [1.82, 2.24) is 5.32 Å². The zero-order valence-electron chi connectivity index (χ0n) is 14.8. The lowest BCUT2D eigenvalue weighted by Crippen LogP contribution is -2.43. The highest BCUT2D eigenvalue weighted by atomic mass is 16.4. The lowest BCUT2D eigenvalue weighted by molar-refractivity contribution is -0.141. The molecule has 0 aliphatic rings. The van der Waals surface area contributed by atoms with E-state index in [0.717, 1.165) is 33.2 Å². The largest absolute Gasteiger partial charge is 0.480 e. The van der Waals surface area contributed by atoms with Crippen molar-refractivity contribution in [1.29, 1.82) is 0 Å². The standard InChI is InChI=1S/C21H21NO4/c1-13-8-17-16(12-26-19(17)9-14(13)2)11-20(23)22-18(21(24)25)10-15-6-4-3-5-7-15/h3-9,12,18H,10-11H2,1-2H3,(H,22,23)(H,24,25)/t18-/m0/s1. The molecule has 1 heterocycles. The fourth-order valence-corrected chi connectivity index (χ4v) is 2.94. The summed E-state index contributed by atoms with van der Waals surface area (Å²) in [6.07, 6.45) is 1.89. The number of carboxylic acids is 1. The van der Waals surface area contributed by atoms with Crippen LogP contribution in [0.3, 0.4) is 0 Å². The van der Waals surface area contributed by atoms with Gasteiger partial charge in [-0.05, 0) is 42.7 Å². The minimum atomic E-state index is -1.05. The molecule has 0 saturated heterocycles. The van der Waals surface area contributed by atoms with E-state index in [1.54, 1.807) is 6.26 Å². The summed E-state index contributed by atoms with van der Waals surface area (Å²) in [5.74, 6) is -1.39. The quantitative estimate of drug-likeness (QED) is 0.713. The number of hydrogen-bond donors (Lipinski definition) is 2. The van der Waals surface area contributed by atoms with Gasteiger partial charge in [-0.3, -0.25) is 4.79 Å². The molecule has 0 radical (unpaired) electrons. The van der Waals surface area contributed by atoms with Gasteiger partial charge in [0.15, 0.2) is 0 Å². The molecule has 26 heavy (non-hydrogen) atoms. The van der Waals surface area contributed by atoms with Crippen LogP contribution in [0.1, 0.15) is 22.3 Å². The first-order valence-corrected chi connectivity index (χ1v) is 8.47.